The first-order valence-electron chi connectivity index (χ1n) is 7.80. The Morgan fingerprint density at radius 1 is 1.17 bits per heavy atom. The normalized spacial score (nSPS) is 16.6. The molecule has 2 aromatic heterocycles. The zero-order valence-electron chi connectivity index (χ0n) is 13.6. The molecule has 6 nitrogen and oxygen atoms in total. The number of nitrogens with zero attached hydrogens (tertiary/aromatic N) is 2. The van der Waals surface area contributed by atoms with Crippen LogP contribution < -0.4 is 0 Å². The summed E-state index contributed by atoms with van der Waals surface area (Å²) in [6.07, 6.45) is 1.71. The lowest BCUT2D eigenvalue weighted by molar-refractivity contribution is 0.0557. The van der Waals surface area contributed by atoms with E-state index in [0.717, 1.165) is 49.8 Å². The lowest BCUT2D eigenvalue weighted by atomic mass is 10.2. The molecule has 1 aliphatic rings. The third-order valence-corrected chi connectivity index (χ3v) is 4.14. The molecule has 2 aromatic rings. The van der Waals surface area contributed by atoms with Gasteiger partial charge in [0.25, 0.3) is 0 Å². The average Bonchev–Trinajstić information content (AvgIpc) is 3.18. The molecular formula is C17H22N2O4. The zero-order chi connectivity index (χ0) is 16.2. The van der Waals surface area contributed by atoms with Gasteiger partial charge in [-0.05, 0) is 25.1 Å². The summed E-state index contributed by atoms with van der Waals surface area (Å²) in [6.45, 7) is 7.34. The highest BCUT2D eigenvalue weighted by Gasteiger charge is 2.21. The van der Waals surface area contributed by atoms with E-state index < -0.39 is 5.97 Å². The van der Waals surface area contributed by atoms with Crippen molar-refractivity contribution in [3.05, 3.63) is 47.3 Å². The van der Waals surface area contributed by atoms with Gasteiger partial charge in [0.05, 0.1) is 26.5 Å². The Kier molecular flexibility index (Phi) is 4.83. The second-order valence-corrected chi connectivity index (χ2v) is 5.85. The summed E-state index contributed by atoms with van der Waals surface area (Å²) in [5.74, 6) is 1.70. The van der Waals surface area contributed by atoms with E-state index in [1.54, 1.807) is 6.26 Å². The molecule has 0 aliphatic carbocycles. The fourth-order valence-corrected chi connectivity index (χ4v) is 2.87. The Bertz CT molecular complexity index is 640. The van der Waals surface area contributed by atoms with Crippen molar-refractivity contribution < 1.29 is 18.4 Å². The molecule has 0 amide bonds. The topological polar surface area (TPSA) is 59.1 Å². The van der Waals surface area contributed by atoms with Crippen LogP contribution in [0.4, 0.5) is 0 Å². The molecule has 0 aromatic carbocycles. The van der Waals surface area contributed by atoms with Gasteiger partial charge in [-0.1, -0.05) is 0 Å². The summed E-state index contributed by atoms with van der Waals surface area (Å²) in [5, 5.41) is 0. The van der Waals surface area contributed by atoms with Gasteiger partial charge in [0.15, 0.2) is 0 Å². The second-order valence-electron chi connectivity index (χ2n) is 5.85. The highest BCUT2D eigenvalue weighted by Crippen LogP contribution is 2.18. The van der Waals surface area contributed by atoms with Crippen LogP contribution >= 0.6 is 0 Å². The monoisotopic (exact) mass is 318 g/mol. The number of aryl methyl sites for hydroxylation is 1. The van der Waals surface area contributed by atoms with Crippen LogP contribution in [0, 0.1) is 6.92 Å². The minimum absolute atomic E-state index is 0.305. The van der Waals surface area contributed by atoms with Crippen LogP contribution in [0.15, 0.2) is 33.3 Å². The van der Waals surface area contributed by atoms with E-state index in [9.17, 15) is 4.79 Å². The molecule has 3 rings (SSSR count). The van der Waals surface area contributed by atoms with E-state index in [1.165, 1.54) is 7.11 Å². The molecule has 0 unspecified atom stereocenters. The van der Waals surface area contributed by atoms with Gasteiger partial charge in [-0.25, -0.2) is 4.79 Å². The number of rotatable bonds is 5. The first kappa shape index (κ1) is 15.8. The van der Waals surface area contributed by atoms with Crippen molar-refractivity contribution >= 4 is 5.97 Å². The number of carbonyl (C=O) groups is 1. The summed E-state index contributed by atoms with van der Waals surface area (Å²) >= 11 is 0. The molecule has 0 bridgehead atoms. The van der Waals surface area contributed by atoms with Crippen molar-refractivity contribution in [2.24, 2.45) is 0 Å². The minimum Gasteiger partial charge on any atom is -0.468 e. The molecule has 3 heterocycles. The fourth-order valence-electron chi connectivity index (χ4n) is 2.87. The van der Waals surface area contributed by atoms with Crippen molar-refractivity contribution in [3.63, 3.8) is 0 Å². The van der Waals surface area contributed by atoms with Gasteiger partial charge >= 0.3 is 5.97 Å². The fraction of sp³-hybridized carbons (Fsp3) is 0.471. The molecule has 23 heavy (non-hydrogen) atoms. The van der Waals surface area contributed by atoms with Crippen molar-refractivity contribution in [1.29, 1.82) is 0 Å². The number of methoxy groups -OCH3 is 1. The highest BCUT2D eigenvalue weighted by atomic mass is 16.5. The molecule has 0 radical (unpaired) electrons. The predicted molar refractivity (Wildman–Crippen MR) is 84.0 cm³/mol. The smallest absolute Gasteiger partial charge is 0.374 e. The standard InChI is InChI=1S/C17H22N2O4/c1-13-10-15(23-16(13)17(20)21-2)12-19-7-5-18(6-8-19)11-14-4-3-9-22-14/h3-4,9-10H,5-8,11-12H2,1-2H3. The maximum Gasteiger partial charge on any atom is 0.374 e. The molecule has 0 saturated carbocycles. The minimum atomic E-state index is -0.419. The maximum absolute atomic E-state index is 11.6. The first-order chi connectivity index (χ1) is 11.2. The molecule has 0 atom stereocenters. The average molecular weight is 318 g/mol. The van der Waals surface area contributed by atoms with Crippen molar-refractivity contribution in [2.75, 3.05) is 33.3 Å². The SMILES string of the molecule is COC(=O)c1oc(CN2CCN(Cc3ccco3)CC2)cc1C. The van der Waals surface area contributed by atoms with E-state index in [0.29, 0.717) is 12.3 Å². The van der Waals surface area contributed by atoms with Crippen molar-refractivity contribution in [1.82, 2.24) is 9.80 Å². The Morgan fingerprint density at radius 2 is 1.83 bits per heavy atom. The van der Waals surface area contributed by atoms with E-state index >= 15 is 0 Å². The summed E-state index contributed by atoms with van der Waals surface area (Å²) in [7, 11) is 1.36. The Labute approximate surface area is 135 Å². The number of carbonyl (C=O) groups excluding carboxylic acids is 1. The van der Waals surface area contributed by atoms with Crippen LogP contribution in [-0.2, 0) is 17.8 Å². The quantitative estimate of drug-likeness (QED) is 0.788. The molecule has 0 N–H and O–H groups in total. The largest absolute Gasteiger partial charge is 0.468 e. The lowest BCUT2D eigenvalue weighted by Gasteiger charge is -2.33. The Morgan fingerprint density at radius 3 is 2.39 bits per heavy atom. The highest BCUT2D eigenvalue weighted by molar-refractivity contribution is 5.87. The van der Waals surface area contributed by atoms with Crippen LogP contribution in [0.1, 0.15) is 27.6 Å². The number of furan rings is 2. The van der Waals surface area contributed by atoms with Gasteiger partial charge in [0.1, 0.15) is 11.5 Å². The summed E-state index contributed by atoms with van der Waals surface area (Å²) in [4.78, 5) is 16.3. The predicted octanol–water partition coefficient (Wildman–Crippen LogP) is 2.29. The third-order valence-electron chi connectivity index (χ3n) is 4.14. The van der Waals surface area contributed by atoms with Gasteiger partial charge in [-0.2, -0.15) is 0 Å². The van der Waals surface area contributed by atoms with E-state index in [-0.39, 0.29) is 0 Å². The van der Waals surface area contributed by atoms with Crippen LogP contribution in [0.2, 0.25) is 0 Å². The van der Waals surface area contributed by atoms with Gasteiger partial charge in [0.2, 0.25) is 5.76 Å². The van der Waals surface area contributed by atoms with E-state index in [2.05, 4.69) is 9.80 Å². The molecule has 1 saturated heterocycles. The first-order valence-corrected chi connectivity index (χ1v) is 7.80. The number of ether oxygens (including phenoxy) is 1. The molecule has 124 valence electrons. The van der Waals surface area contributed by atoms with Gasteiger partial charge in [0, 0.05) is 31.7 Å². The van der Waals surface area contributed by atoms with Gasteiger partial charge in [-0.3, -0.25) is 9.80 Å². The molecule has 1 fully saturated rings. The second kappa shape index (κ2) is 7.02. The van der Waals surface area contributed by atoms with Crippen molar-refractivity contribution in [2.45, 2.75) is 20.0 Å². The van der Waals surface area contributed by atoms with Crippen LogP contribution in [0.5, 0.6) is 0 Å². The number of piperazine rings is 1. The summed E-state index contributed by atoms with van der Waals surface area (Å²) in [5.41, 5.74) is 0.823. The molecule has 1 aliphatic heterocycles. The summed E-state index contributed by atoms with van der Waals surface area (Å²) < 4.78 is 15.8. The number of hydrogen-bond acceptors (Lipinski definition) is 6. The van der Waals surface area contributed by atoms with Crippen molar-refractivity contribution in [3.8, 4) is 0 Å². The maximum atomic E-state index is 11.6. The molecule has 6 heteroatoms. The van der Waals surface area contributed by atoms with Gasteiger partial charge in [-0.15, -0.1) is 0 Å². The van der Waals surface area contributed by atoms with Crippen LogP contribution in [0.25, 0.3) is 0 Å². The van der Waals surface area contributed by atoms with E-state index in [1.807, 2.05) is 25.1 Å². The molecular weight excluding hydrogens is 296 g/mol. The van der Waals surface area contributed by atoms with Crippen LogP contribution in [-0.4, -0.2) is 49.1 Å². The number of hydrogen-bond donors (Lipinski definition) is 0. The summed E-state index contributed by atoms with van der Waals surface area (Å²) in [6, 6.07) is 5.84. The zero-order valence-corrected chi connectivity index (χ0v) is 13.6. The van der Waals surface area contributed by atoms with Crippen LogP contribution in [0.3, 0.4) is 0 Å². The van der Waals surface area contributed by atoms with E-state index in [4.69, 9.17) is 13.6 Å². The number of esters is 1. The van der Waals surface area contributed by atoms with Gasteiger partial charge < -0.3 is 13.6 Å². The Balaban J connectivity index is 1.51. The lowest BCUT2D eigenvalue weighted by Crippen LogP contribution is -2.45. The molecule has 0 spiro atoms. The third kappa shape index (κ3) is 3.83. The Hall–Kier alpha value is -2.05.